The van der Waals surface area contributed by atoms with Crippen molar-refractivity contribution in [2.24, 2.45) is 0 Å². The second-order valence-corrected chi connectivity index (χ2v) is 8.13. The Morgan fingerprint density at radius 3 is 2.53 bits per heavy atom. The average Bonchev–Trinajstić information content (AvgIpc) is 3.56. The average molecular weight is 438 g/mol. The molecule has 0 saturated carbocycles. The van der Waals surface area contributed by atoms with E-state index in [1.807, 2.05) is 40.8 Å². The molecule has 0 N–H and O–H groups in total. The fraction of sp³-hybridized carbons (Fsp3) is 0.360. The van der Waals surface area contributed by atoms with Crippen LogP contribution in [-0.4, -0.2) is 45.8 Å². The zero-order valence-corrected chi connectivity index (χ0v) is 18.3. The van der Waals surface area contributed by atoms with E-state index < -0.39 is 0 Å². The van der Waals surface area contributed by atoms with E-state index in [1.165, 1.54) is 24.3 Å². The van der Waals surface area contributed by atoms with E-state index in [9.17, 15) is 14.0 Å². The van der Waals surface area contributed by atoms with Gasteiger partial charge < -0.3 is 18.8 Å². The lowest BCUT2D eigenvalue weighted by Gasteiger charge is -2.23. The summed E-state index contributed by atoms with van der Waals surface area (Å²) in [6, 6.07) is 13.1. The SMILES string of the molecule is CCCN(Cc1cccn1Cc1ccc(C(=O)N2CCCC2)o1)C(=O)c1ccc(F)cc1. The van der Waals surface area contributed by atoms with Crippen molar-refractivity contribution in [3.8, 4) is 0 Å². The maximum absolute atomic E-state index is 13.2. The highest BCUT2D eigenvalue weighted by Gasteiger charge is 2.22. The molecule has 2 aromatic heterocycles. The van der Waals surface area contributed by atoms with Gasteiger partial charge in [-0.1, -0.05) is 6.92 Å². The van der Waals surface area contributed by atoms with Gasteiger partial charge in [-0.2, -0.15) is 0 Å². The highest BCUT2D eigenvalue weighted by molar-refractivity contribution is 5.94. The highest BCUT2D eigenvalue weighted by atomic mass is 19.1. The second kappa shape index (κ2) is 9.85. The minimum absolute atomic E-state index is 0.0551. The van der Waals surface area contributed by atoms with Crippen LogP contribution in [0.2, 0.25) is 0 Å². The second-order valence-electron chi connectivity index (χ2n) is 8.13. The number of hydrogen-bond donors (Lipinski definition) is 0. The molecular weight excluding hydrogens is 409 g/mol. The lowest BCUT2D eigenvalue weighted by molar-refractivity contribution is 0.0736. The van der Waals surface area contributed by atoms with Crippen LogP contribution in [0.1, 0.15) is 58.6 Å². The Hall–Kier alpha value is -3.35. The van der Waals surface area contributed by atoms with Crippen molar-refractivity contribution >= 4 is 11.8 Å². The Labute approximate surface area is 187 Å². The van der Waals surface area contributed by atoms with Gasteiger partial charge in [0.05, 0.1) is 13.1 Å². The minimum atomic E-state index is -0.363. The number of halogens is 1. The molecule has 4 rings (SSSR count). The number of rotatable bonds is 8. The van der Waals surface area contributed by atoms with Gasteiger partial charge in [-0.05, 0) is 67.8 Å². The molecule has 0 unspecified atom stereocenters. The molecule has 0 bridgehead atoms. The van der Waals surface area contributed by atoms with Crippen molar-refractivity contribution in [2.75, 3.05) is 19.6 Å². The molecule has 1 saturated heterocycles. The van der Waals surface area contributed by atoms with Gasteiger partial charge in [0.25, 0.3) is 11.8 Å². The Bertz CT molecular complexity index is 1060. The van der Waals surface area contributed by atoms with Crippen LogP contribution in [0.3, 0.4) is 0 Å². The molecular formula is C25H28FN3O3. The smallest absolute Gasteiger partial charge is 0.289 e. The van der Waals surface area contributed by atoms with Gasteiger partial charge in [0.2, 0.25) is 0 Å². The fourth-order valence-corrected chi connectivity index (χ4v) is 4.06. The number of benzene rings is 1. The van der Waals surface area contributed by atoms with E-state index in [4.69, 9.17) is 4.42 Å². The molecule has 3 aromatic rings. The number of nitrogens with zero attached hydrogens (tertiary/aromatic N) is 3. The topological polar surface area (TPSA) is 58.7 Å². The number of furan rings is 1. The molecule has 7 heteroatoms. The van der Waals surface area contributed by atoms with E-state index in [-0.39, 0.29) is 17.6 Å². The molecule has 0 atom stereocenters. The molecule has 1 fully saturated rings. The van der Waals surface area contributed by atoms with Gasteiger partial charge in [0, 0.05) is 37.1 Å². The summed E-state index contributed by atoms with van der Waals surface area (Å²) in [6.07, 6.45) is 4.83. The molecule has 3 heterocycles. The number of carbonyl (C=O) groups is 2. The van der Waals surface area contributed by atoms with Crippen LogP contribution in [0.5, 0.6) is 0 Å². The summed E-state index contributed by atoms with van der Waals surface area (Å²) in [4.78, 5) is 29.1. The maximum Gasteiger partial charge on any atom is 0.289 e. The van der Waals surface area contributed by atoms with Crippen LogP contribution >= 0.6 is 0 Å². The maximum atomic E-state index is 13.2. The van der Waals surface area contributed by atoms with Crippen molar-refractivity contribution < 1.29 is 18.4 Å². The van der Waals surface area contributed by atoms with Gasteiger partial charge in [-0.3, -0.25) is 9.59 Å². The van der Waals surface area contributed by atoms with Crippen LogP contribution in [0.25, 0.3) is 0 Å². The third kappa shape index (κ3) is 4.93. The van der Waals surface area contributed by atoms with E-state index in [1.54, 1.807) is 11.0 Å². The number of hydrogen-bond acceptors (Lipinski definition) is 3. The van der Waals surface area contributed by atoms with Gasteiger partial charge in [-0.25, -0.2) is 4.39 Å². The lowest BCUT2D eigenvalue weighted by atomic mass is 10.2. The Morgan fingerprint density at radius 1 is 1.06 bits per heavy atom. The summed E-state index contributed by atoms with van der Waals surface area (Å²) in [7, 11) is 0. The summed E-state index contributed by atoms with van der Waals surface area (Å²) >= 11 is 0. The summed E-state index contributed by atoms with van der Waals surface area (Å²) in [5, 5.41) is 0. The fourth-order valence-electron chi connectivity index (χ4n) is 4.06. The van der Waals surface area contributed by atoms with Crippen LogP contribution in [0.4, 0.5) is 4.39 Å². The Balaban J connectivity index is 1.46. The quantitative estimate of drug-likeness (QED) is 0.519. The van der Waals surface area contributed by atoms with Gasteiger partial charge in [0.15, 0.2) is 5.76 Å². The van der Waals surface area contributed by atoms with Crippen LogP contribution in [-0.2, 0) is 13.1 Å². The van der Waals surface area contributed by atoms with Gasteiger partial charge >= 0.3 is 0 Å². The first-order valence-electron chi connectivity index (χ1n) is 11.1. The molecule has 0 radical (unpaired) electrons. The molecule has 2 amide bonds. The zero-order chi connectivity index (χ0) is 22.5. The Morgan fingerprint density at radius 2 is 1.81 bits per heavy atom. The zero-order valence-electron chi connectivity index (χ0n) is 18.3. The number of amides is 2. The molecule has 32 heavy (non-hydrogen) atoms. The normalized spacial score (nSPS) is 13.5. The van der Waals surface area contributed by atoms with E-state index >= 15 is 0 Å². The summed E-state index contributed by atoms with van der Waals surface area (Å²) in [6.45, 7) is 5.08. The molecule has 168 valence electrons. The van der Waals surface area contributed by atoms with Crippen molar-refractivity contribution in [1.82, 2.24) is 14.4 Å². The third-order valence-electron chi connectivity index (χ3n) is 5.74. The van der Waals surface area contributed by atoms with Crippen LogP contribution < -0.4 is 0 Å². The monoisotopic (exact) mass is 437 g/mol. The van der Waals surface area contributed by atoms with Gasteiger partial charge in [0.1, 0.15) is 11.6 Å². The van der Waals surface area contributed by atoms with Crippen molar-refractivity contribution in [3.05, 3.63) is 83.3 Å². The number of aromatic nitrogens is 1. The Kier molecular flexibility index (Phi) is 6.73. The molecule has 1 aliphatic rings. The van der Waals surface area contributed by atoms with Crippen LogP contribution in [0.15, 0.2) is 59.1 Å². The number of likely N-dealkylation sites (tertiary alicyclic amines) is 1. The summed E-state index contributed by atoms with van der Waals surface area (Å²) in [5.74, 6) is 0.515. The first kappa shape index (κ1) is 21.9. The van der Waals surface area contributed by atoms with Crippen molar-refractivity contribution in [1.29, 1.82) is 0 Å². The van der Waals surface area contributed by atoms with Crippen molar-refractivity contribution in [3.63, 3.8) is 0 Å². The van der Waals surface area contributed by atoms with E-state index in [0.29, 0.717) is 36.7 Å². The first-order valence-corrected chi connectivity index (χ1v) is 11.1. The van der Waals surface area contributed by atoms with E-state index in [0.717, 1.165) is 38.0 Å². The molecule has 0 spiro atoms. The largest absolute Gasteiger partial charge is 0.454 e. The molecule has 1 aromatic carbocycles. The first-order chi connectivity index (χ1) is 15.5. The molecule has 1 aliphatic heterocycles. The predicted molar refractivity (Wildman–Crippen MR) is 119 cm³/mol. The van der Waals surface area contributed by atoms with Crippen LogP contribution in [0, 0.1) is 5.82 Å². The predicted octanol–water partition coefficient (Wildman–Crippen LogP) is 4.56. The summed E-state index contributed by atoms with van der Waals surface area (Å²) in [5.41, 5.74) is 1.42. The lowest BCUT2D eigenvalue weighted by Crippen LogP contribution is -2.32. The molecule has 6 nitrogen and oxygen atoms in total. The van der Waals surface area contributed by atoms with Gasteiger partial charge in [-0.15, -0.1) is 0 Å². The standard InChI is InChI=1S/C25H28FN3O3/c1-2-13-29(24(30)19-7-9-20(26)10-8-19)17-21-6-5-16-28(21)18-22-11-12-23(32-22)25(31)27-14-3-4-15-27/h5-12,16H,2-4,13-15,17-18H2,1H3. The highest BCUT2D eigenvalue weighted by Crippen LogP contribution is 2.18. The van der Waals surface area contributed by atoms with E-state index in [2.05, 4.69) is 0 Å². The summed E-state index contributed by atoms with van der Waals surface area (Å²) < 4.78 is 21.1. The third-order valence-corrected chi connectivity index (χ3v) is 5.74. The molecule has 0 aliphatic carbocycles. The van der Waals surface area contributed by atoms with Crippen molar-refractivity contribution in [2.45, 2.75) is 39.3 Å². The number of carbonyl (C=O) groups excluding carboxylic acids is 2. The minimum Gasteiger partial charge on any atom is -0.454 e.